The van der Waals surface area contributed by atoms with E-state index in [0.717, 1.165) is 69.7 Å². The van der Waals surface area contributed by atoms with Gasteiger partial charge in [0.2, 0.25) is 5.88 Å². The fourth-order valence-electron chi connectivity index (χ4n) is 4.69. The van der Waals surface area contributed by atoms with Gasteiger partial charge in [0.1, 0.15) is 5.82 Å². The second kappa shape index (κ2) is 12.6. The van der Waals surface area contributed by atoms with Crippen molar-refractivity contribution in [2.75, 3.05) is 38.9 Å². The van der Waals surface area contributed by atoms with E-state index in [0.29, 0.717) is 47.2 Å². The maximum absolute atomic E-state index is 6.49. The van der Waals surface area contributed by atoms with Crippen LogP contribution in [0.4, 0.5) is 5.82 Å². The van der Waals surface area contributed by atoms with Crippen molar-refractivity contribution in [1.29, 1.82) is 0 Å². The number of nitrogens with one attached hydrogen (secondary N) is 2. The summed E-state index contributed by atoms with van der Waals surface area (Å²) in [5.41, 5.74) is 1.48. The molecule has 2 fully saturated rings. The molecule has 0 amide bonds. The lowest BCUT2D eigenvalue weighted by molar-refractivity contribution is 0.0490. The minimum atomic E-state index is 0.373. The first-order chi connectivity index (χ1) is 16.6. The monoisotopic (exact) mass is 489 g/mol. The standard InChI is InChI=1S/C25H36ClN5O3/c1-17(15-32-2)29-19-3-5-20(6-4-19)30-24-11-21(22(26)12-28-24)23-13-27-14-25(31-23)34-16-18-7-9-33-10-8-18/h11-14,17-20,29H,3-10,15-16H2,1-2H3,(H,28,30)/t17-,19-,20-/m1/s1. The number of nitrogens with zero attached hydrogens (tertiary/aromatic N) is 3. The third-order valence-electron chi connectivity index (χ3n) is 6.57. The molecule has 3 heterocycles. The molecule has 0 spiro atoms. The third kappa shape index (κ3) is 7.25. The molecule has 2 N–H and O–H groups in total. The van der Waals surface area contributed by atoms with Crippen LogP contribution in [0.1, 0.15) is 45.4 Å². The minimum Gasteiger partial charge on any atom is -0.476 e. The molecule has 2 aromatic rings. The van der Waals surface area contributed by atoms with Gasteiger partial charge in [0.25, 0.3) is 0 Å². The highest BCUT2D eigenvalue weighted by molar-refractivity contribution is 6.33. The van der Waals surface area contributed by atoms with Crippen LogP contribution in [0, 0.1) is 5.92 Å². The zero-order valence-corrected chi connectivity index (χ0v) is 20.9. The van der Waals surface area contributed by atoms with Crippen LogP contribution >= 0.6 is 11.6 Å². The predicted octanol–water partition coefficient (Wildman–Crippen LogP) is 4.35. The molecule has 9 heteroatoms. The Morgan fingerprint density at radius 2 is 1.85 bits per heavy atom. The highest BCUT2D eigenvalue weighted by Gasteiger charge is 2.23. The Morgan fingerprint density at radius 3 is 2.62 bits per heavy atom. The third-order valence-corrected chi connectivity index (χ3v) is 6.87. The zero-order chi connectivity index (χ0) is 23.8. The van der Waals surface area contributed by atoms with Crippen molar-refractivity contribution in [3.05, 3.63) is 29.7 Å². The molecule has 2 aliphatic rings. The molecule has 1 saturated heterocycles. The number of rotatable bonds is 10. The average Bonchev–Trinajstić information content (AvgIpc) is 2.86. The van der Waals surface area contributed by atoms with E-state index in [9.17, 15) is 0 Å². The number of hydrogen-bond donors (Lipinski definition) is 2. The number of hydrogen-bond acceptors (Lipinski definition) is 8. The van der Waals surface area contributed by atoms with Gasteiger partial charge in [-0.2, -0.15) is 0 Å². The topological polar surface area (TPSA) is 90.4 Å². The summed E-state index contributed by atoms with van der Waals surface area (Å²) in [4.78, 5) is 13.5. The highest BCUT2D eigenvalue weighted by atomic mass is 35.5. The summed E-state index contributed by atoms with van der Waals surface area (Å²) >= 11 is 6.49. The molecule has 34 heavy (non-hydrogen) atoms. The normalized spacial score (nSPS) is 22.3. The summed E-state index contributed by atoms with van der Waals surface area (Å²) in [6, 6.07) is 3.26. The highest BCUT2D eigenvalue weighted by Crippen LogP contribution is 2.30. The van der Waals surface area contributed by atoms with E-state index in [2.05, 4.69) is 32.5 Å². The number of aromatic nitrogens is 3. The Morgan fingerprint density at radius 1 is 1.09 bits per heavy atom. The molecule has 2 aromatic heterocycles. The van der Waals surface area contributed by atoms with Gasteiger partial charge < -0.3 is 24.8 Å². The largest absolute Gasteiger partial charge is 0.476 e. The van der Waals surface area contributed by atoms with Crippen LogP contribution in [0.3, 0.4) is 0 Å². The van der Waals surface area contributed by atoms with Crippen LogP contribution in [0.15, 0.2) is 24.7 Å². The van der Waals surface area contributed by atoms with Crippen molar-refractivity contribution in [3.63, 3.8) is 0 Å². The Hall–Kier alpha value is -2.00. The number of ether oxygens (including phenoxy) is 3. The second-order valence-electron chi connectivity index (χ2n) is 9.37. The molecule has 0 radical (unpaired) electrons. The van der Waals surface area contributed by atoms with E-state index in [1.807, 2.05) is 6.07 Å². The van der Waals surface area contributed by atoms with Crippen molar-refractivity contribution in [2.45, 2.75) is 63.6 Å². The fraction of sp³-hybridized carbons (Fsp3) is 0.640. The quantitative estimate of drug-likeness (QED) is 0.509. The van der Waals surface area contributed by atoms with Gasteiger partial charge in [0.15, 0.2) is 0 Å². The van der Waals surface area contributed by atoms with Crippen molar-refractivity contribution in [3.8, 4) is 17.1 Å². The molecular formula is C25H36ClN5O3. The molecule has 1 aliphatic heterocycles. The van der Waals surface area contributed by atoms with E-state index >= 15 is 0 Å². The Bertz CT molecular complexity index is 904. The SMILES string of the molecule is COC[C@@H](C)N[C@H]1CC[C@H](Nc2cc(-c3cncc(OCC4CCOCC4)n3)c(Cl)cn2)CC1. The van der Waals surface area contributed by atoms with Crippen LogP contribution < -0.4 is 15.4 Å². The summed E-state index contributed by atoms with van der Waals surface area (Å²) in [5, 5.41) is 7.79. The summed E-state index contributed by atoms with van der Waals surface area (Å²) in [6.45, 7) is 5.13. The van der Waals surface area contributed by atoms with Crippen LogP contribution in [0.5, 0.6) is 5.88 Å². The van der Waals surface area contributed by atoms with Crippen LogP contribution in [-0.4, -0.2) is 66.6 Å². The maximum atomic E-state index is 6.49. The average molecular weight is 490 g/mol. The van der Waals surface area contributed by atoms with Gasteiger partial charge in [-0.25, -0.2) is 9.97 Å². The molecule has 0 unspecified atom stereocenters. The van der Waals surface area contributed by atoms with Crippen LogP contribution in [0.2, 0.25) is 5.02 Å². The molecule has 1 atom stereocenters. The van der Waals surface area contributed by atoms with E-state index < -0.39 is 0 Å². The van der Waals surface area contributed by atoms with E-state index in [4.69, 9.17) is 25.8 Å². The number of pyridine rings is 1. The molecule has 0 aromatic carbocycles. The molecule has 4 rings (SSSR count). The van der Waals surface area contributed by atoms with Gasteiger partial charge in [0.05, 0.1) is 36.3 Å². The first-order valence-corrected chi connectivity index (χ1v) is 12.7. The van der Waals surface area contributed by atoms with Crippen LogP contribution in [-0.2, 0) is 9.47 Å². The van der Waals surface area contributed by atoms with Crippen LogP contribution in [0.25, 0.3) is 11.3 Å². The first-order valence-electron chi connectivity index (χ1n) is 12.3. The predicted molar refractivity (Wildman–Crippen MR) is 133 cm³/mol. The lowest BCUT2D eigenvalue weighted by Crippen LogP contribution is -2.42. The maximum Gasteiger partial charge on any atom is 0.232 e. The minimum absolute atomic E-state index is 0.373. The Balaban J connectivity index is 1.34. The second-order valence-corrected chi connectivity index (χ2v) is 9.78. The number of anilines is 1. The van der Waals surface area contributed by atoms with Gasteiger partial charge in [-0.1, -0.05) is 11.6 Å². The molecule has 1 saturated carbocycles. The van der Waals surface area contributed by atoms with Crippen molar-refractivity contribution in [2.24, 2.45) is 5.92 Å². The first kappa shape index (κ1) is 25.1. The van der Waals surface area contributed by atoms with Gasteiger partial charge >= 0.3 is 0 Å². The molecule has 186 valence electrons. The van der Waals surface area contributed by atoms with Gasteiger partial charge in [-0.3, -0.25) is 4.98 Å². The van der Waals surface area contributed by atoms with Crippen molar-refractivity contribution in [1.82, 2.24) is 20.3 Å². The molecule has 0 bridgehead atoms. The lowest BCUT2D eigenvalue weighted by atomic mass is 9.90. The lowest BCUT2D eigenvalue weighted by Gasteiger charge is -2.31. The van der Waals surface area contributed by atoms with E-state index in [1.54, 1.807) is 25.7 Å². The van der Waals surface area contributed by atoms with Gasteiger partial charge in [0, 0.05) is 50.2 Å². The molecular weight excluding hydrogens is 454 g/mol. The van der Waals surface area contributed by atoms with Crippen molar-refractivity contribution >= 4 is 17.4 Å². The fourth-order valence-corrected chi connectivity index (χ4v) is 4.89. The van der Waals surface area contributed by atoms with E-state index in [1.165, 1.54) is 0 Å². The molecule has 1 aliphatic carbocycles. The summed E-state index contributed by atoms with van der Waals surface area (Å²) in [6.07, 6.45) is 11.5. The number of halogens is 1. The summed E-state index contributed by atoms with van der Waals surface area (Å²) in [7, 11) is 1.74. The van der Waals surface area contributed by atoms with E-state index in [-0.39, 0.29) is 0 Å². The molecule has 8 nitrogen and oxygen atoms in total. The van der Waals surface area contributed by atoms with Gasteiger partial charge in [-0.05, 0) is 57.4 Å². The zero-order valence-electron chi connectivity index (χ0n) is 20.1. The van der Waals surface area contributed by atoms with Gasteiger partial charge in [-0.15, -0.1) is 0 Å². The van der Waals surface area contributed by atoms with Crippen molar-refractivity contribution < 1.29 is 14.2 Å². The Labute approximate surface area is 207 Å². The smallest absolute Gasteiger partial charge is 0.232 e. The summed E-state index contributed by atoms with van der Waals surface area (Å²) in [5.74, 6) is 1.81. The number of methoxy groups -OCH3 is 1. The Kier molecular flexibility index (Phi) is 9.33. The summed E-state index contributed by atoms with van der Waals surface area (Å²) < 4.78 is 16.6.